The minimum atomic E-state index is -0.393. The van der Waals surface area contributed by atoms with Crippen molar-refractivity contribution in [3.63, 3.8) is 0 Å². The van der Waals surface area contributed by atoms with Gasteiger partial charge in [-0.3, -0.25) is 9.59 Å². The Morgan fingerprint density at radius 2 is 1.59 bits per heavy atom. The van der Waals surface area contributed by atoms with E-state index in [9.17, 15) is 14.0 Å². The molecule has 2 N–H and O–H groups in total. The summed E-state index contributed by atoms with van der Waals surface area (Å²) in [5, 5.41) is 5.22. The molecule has 27 heavy (non-hydrogen) atoms. The second kappa shape index (κ2) is 10.2. The molecule has 2 amide bonds. The average molecular weight is 374 g/mol. The van der Waals surface area contributed by atoms with E-state index >= 15 is 0 Å². The van der Waals surface area contributed by atoms with Gasteiger partial charge in [0.2, 0.25) is 5.91 Å². The maximum atomic E-state index is 12.8. The molecule has 6 nitrogen and oxygen atoms in total. The first-order valence-corrected chi connectivity index (χ1v) is 8.72. The van der Waals surface area contributed by atoms with E-state index in [4.69, 9.17) is 9.47 Å². The van der Waals surface area contributed by atoms with Gasteiger partial charge in [0.15, 0.2) is 11.5 Å². The van der Waals surface area contributed by atoms with E-state index in [2.05, 4.69) is 10.6 Å². The molecule has 2 aromatic carbocycles. The van der Waals surface area contributed by atoms with Gasteiger partial charge in [0.1, 0.15) is 5.82 Å². The normalized spacial score (nSPS) is 10.2. The minimum Gasteiger partial charge on any atom is -0.490 e. The van der Waals surface area contributed by atoms with Crippen LogP contribution in [0.5, 0.6) is 11.5 Å². The summed E-state index contributed by atoms with van der Waals surface area (Å²) < 4.78 is 23.8. The molecule has 0 unspecified atom stereocenters. The van der Waals surface area contributed by atoms with Crippen molar-refractivity contribution in [2.24, 2.45) is 0 Å². The number of benzene rings is 2. The molecule has 0 spiro atoms. The van der Waals surface area contributed by atoms with Crippen molar-refractivity contribution in [2.45, 2.75) is 20.4 Å². The third-order valence-corrected chi connectivity index (χ3v) is 3.62. The predicted octanol–water partition coefficient (Wildman–Crippen LogP) is 2.67. The molecular formula is C20H23FN2O4. The molecule has 144 valence electrons. The molecule has 0 aromatic heterocycles. The first-order chi connectivity index (χ1) is 13.0. The van der Waals surface area contributed by atoms with Crippen LogP contribution in [0.15, 0.2) is 42.5 Å². The number of carbonyl (C=O) groups excluding carboxylic acids is 2. The van der Waals surface area contributed by atoms with Gasteiger partial charge in [0.25, 0.3) is 5.91 Å². The van der Waals surface area contributed by atoms with E-state index in [-0.39, 0.29) is 24.8 Å². The molecule has 0 aliphatic heterocycles. The van der Waals surface area contributed by atoms with Crippen molar-refractivity contribution < 1.29 is 23.5 Å². The van der Waals surface area contributed by atoms with E-state index in [1.54, 1.807) is 30.3 Å². The van der Waals surface area contributed by atoms with E-state index in [1.807, 2.05) is 13.8 Å². The van der Waals surface area contributed by atoms with Gasteiger partial charge in [-0.15, -0.1) is 0 Å². The van der Waals surface area contributed by atoms with Crippen LogP contribution in [-0.2, 0) is 11.3 Å². The quantitative estimate of drug-likeness (QED) is 0.708. The highest BCUT2D eigenvalue weighted by Gasteiger charge is 2.12. The second-order valence-electron chi connectivity index (χ2n) is 5.61. The van der Waals surface area contributed by atoms with Crippen molar-refractivity contribution in [3.05, 3.63) is 59.4 Å². The van der Waals surface area contributed by atoms with Crippen LogP contribution in [0.4, 0.5) is 4.39 Å². The Morgan fingerprint density at radius 3 is 2.26 bits per heavy atom. The second-order valence-corrected chi connectivity index (χ2v) is 5.61. The summed E-state index contributed by atoms with van der Waals surface area (Å²) in [5.41, 5.74) is 1.14. The van der Waals surface area contributed by atoms with E-state index in [0.717, 1.165) is 5.56 Å². The largest absolute Gasteiger partial charge is 0.490 e. The van der Waals surface area contributed by atoms with E-state index in [1.165, 1.54) is 12.1 Å². The third kappa shape index (κ3) is 6.29. The van der Waals surface area contributed by atoms with Crippen molar-refractivity contribution in [1.29, 1.82) is 0 Å². The van der Waals surface area contributed by atoms with Crippen molar-refractivity contribution in [1.82, 2.24) is 10.6 Å². The molecule has 0 radical (unpaired) electrons. The van der Waals surface area contributed by atoms with E-state index < -0.39 is 5.91 Å². The maximum absolute atomic E-state index is 12.8. The van der Waals surface area contributed by atoms with Crippen LogP contribution in [0, 0.1) is 5.82 Å². The number of carbonyl (C=O) groups is 2. The maximum Gasteiger partial charge on any atom is 0.251 e. The van der Waals surface area contributed by atoms with Gasteiger partial charge < -0.3 is 20.1 Å². The number of hydrogen-bond donors (Lipinski definition) is 2. The van der Waals surface area contributed by atoms with Gasteiger partial charge in [-0.2, -0.15) is 0 Å². The number of ether oxygens (including phenoxy) is 2. The molecule has 0 heterocycles. The summed E-state index contributed by atoms with van der Waals surface area (Å²) >= 11 is 0. The zero-order chi connectivity index (χ0) is 19.6. The standard InChI is InChI=1S/C20H23FN2O4/c1-3-26-17-10-7-15(11-18(17)27-4-2)20(25)23-13-19(24)22-12-14-5-8-16(21)9-6-14/h5-11H,3-4,12-13H2,1-2H3,(H,22,24)(H,23,25). The van der Waals surface area contributed by atoms with Crippen LogP contribution in [0.2, 0.25) is 0 Å². The average Bonchev–Trinajstić information content (AvgIpc) is 2.67. The molecule has 2 rings (SSSR count). The monoisotopic (exact) mass is 374 g/mol. The Bertz CT molecular complexity index is 778. The lowest BCUT2D eigenvalue weighted by Crippen LogP contribution is -2.36. The Hall–Kier alpha value is -3.09. The molecule has 0 aliphatic rings. The summed E-state index contributed by atoms with van der Waals surface area (Å²) in [6.07, 6.45) is 0. The fraction of sp³-hybridized carbons (Fsp3) is 0.300. The van der Waals surface area contributed by atoms with Gasteiger partial charge in [0, 0.05) is 12.1 Å². The number of nitrogens with one attached hydrogen (secondary N) is 2. The van der Waals surface area contributed by atoms with Gasteiger partial charge in [-0.25, -0.2) is 4.39 Å². The molecule has 0 bridgehead atoms. The molecule has 0 saturated heterocycles. The molecule has 0 aliphatic carbocycles. The molecule has 7 heteroatoms. The molecule has 0 saturated carbocycles. The van der Waals surface area contributed by atoms with Crippen LogP contribution in [0.3, 0.4) is 0 Å². The molecule has 0 atom stereocenters. The topological polar surface area (TPSA) is 76.7 Å². The highest BCUT2D eigenvalue weighted by Crippen LogP contribution is 2.28. The number of rotatable bonds is 9. The molecular weight excluding hydrogens is 351 g/mol. The fourth-order valence-corrected chi connectivity index (χ4v) is 2.32. The Morgan fingerprint density at radius 1 is 0.926 bits per heavy atom. The number of amides is 2. The summed E-state index contributed by atoms with van der Waals surface area (Å²) in [4.78, 5) is 24.1. The van der Waals surface area contributed by atoms with E-state index in [0.29, 0.717) is 30.3 Å². The third-order valence-electron chi connectivity index (χ3n) is 3.62. The SMILES string of the molecule is CCOc1ccc(C(=O)NCC(=O)NCc2ccc(F)cc2)cc1OCC. The van der Waals surface area contributed by atoms with Gasteiger partial charge >= 0.3 is 0 Å². The molecule has 0 fully saturated rings. The van der Waals surface area contributed by atoms with Crippen LogP contribution in [-0.4, -0.2) is 31.6 Å². The van der Waals surface area contributed by atoms with Crippen molar-refractivity contribution >= 4 is 11.8 Å². The summed E-state index contributed by atoms with van der Waals surface area (Å²) in [5.74, 6) is -0.0283. The van der Waals surface area contributed by atoms with Crippen LogP contribution >= 0.6 is 0 Å². The van der Waals surface area contributed by atoms with Crippen molar-refractivity contribution in [2.75, 3.05) is 19.8 Å². The summed E-state index contributed by atoms with van der Waals surface area (Å²) in [6.45, 7) is 4.72. The minimum absolute atomic E-state index is 0.169. The van der Waals surface area contributed by atoms with Gasteiger partial charge in [-0.1, -0.05) is 12.1 Å². The molecule has 2 aromatic rings. The number of halogens is 1. The Balaban J connectivity index is 1.87. The lowest BCUT2D eigenvalue weighted by Gasteiger charge is -2.12. The fourth-order valence-electron chi connectivity index (χ4n) is 2.32. The van der Waals surface area contributed by atoms with Gasteiger partial charge in [-0.05, 0) is 49.7 Å². The van der Waals surface area contributed by atoms with Crippen LogP contribution in [0.1, 0.15) is 29.8 Å². The Labute approximate surface area is 157 Å². The van der Waals surface area contributed by atoms with Crippen LogP contribution < -0.4 is 20.1 Å². The predicted molar refractivity (Wildman–Crippen MR) is 99.4 cm³/mol. The highest BCUT2D eigenvalue weighted by molar-refractivity contribution is 5.97. The lowest BCUT2D eigenvalue weighted by atomic mass is 10.2. The first-order valence-electron chi connectivity index (χ1n) is 8.72. The number of hydrogen-bond acceptors (Lipinski definition) is 4. The highest BCUT2D eigenvalue weighted by atomic mass is 19.1. The Kier molecular flexibility index (Phi) is 7.61. The lowest BCUT2D eigenvalue weighted by molar-refractivity contribution is -0.120. The zero-order valence-electron chi connectivity index (χ0n) is 15.4. The van der Waals surface area contributed by atoms with Crippen molar-refractivity contribution in [3.8, 4) is 11.5 Å². The summed E-state index contributed by atoms with van der Waals surface area (Å²) in [6, 6.07) is 10.7. The van der Waals surface area contributed by atoms with Gasteiger partial charge in [0.05, 0.1) is 19.8 Å². The van der Waals surface area contributed by atoms with Crippen LogP contribution in [0.25, 0.3) is 0 Å². The smallest absolute Gasteiger partial charge is 0.251 e. The zero-order valence-corrected chi connectivity index (χ0v) is 15.4. The first kappa shape index (κ1) is 20.2. The summed E-state index contributed by atoms with van der Waals surface area (Å²) in [7, 11) is 0.